The molecule has 0 nitrogen and oxygen atoms in total. The van der Waals surface area contributed by atoms with Crippen LogP contribution in [0.1, 0.15) is 38.5 Å². The van der Waals surface area contributed by atoms with Crippen molar-refractivity contribution in [3.63, 3.8) is 0 Å². The Kier molecular flexibility index (Phi) is 1.38. The zero-order valence-corrected chi connectivity index (χ0v) is 10.1. The van der Waals surface area contributed by atoms with Crippen LogP contribution in [0.4, 0.5) is 17.6 Å². The largest absolute Gasteiger partial charge is 0.244 e. The lowest BCUT2D eigenvalue weighted by Crippen LogP contribution is -2.80. The summed E-state index contributed by atoms with van der Waals surface area (Å²) in [6.07, 6.45) is 0.291. The van der Waals surface area contributed by atoms with E-state index in [-0.39, 0.29) is 44.4 Å². The maximum atomic E-state index is 15.2. The molecule has 0 aliphatic heterocycles. The second kappa shape index (κ2) is 2.37. The summed E-state index contributed by atoms with van der Waals surface area (Å²) in [4.78, 5) is 0. The van der Waals surface area contributed by atoms with E-state index in [9.17, 15) is 8.78 Å². The average molecular weight is 260 g/mol. The number of rotatable bonds is 0. The molecule has 0 heterocycles. The van der Waals surface area contributed by atoms with E-state index in [2.05, 4.69) is 0 Å². The van der Waals surface area contributed by atoms with E-state index in [1.54, 1.807) is 0 Å². The van der Waals surface area contributed by atoms with Crippen molar-refractivity contribution in [2.24, 2.45) is 23.7 Å². The fourth-order valence-corrected chi connectivity index (χ4v) is 6.69. The quantitative estimate of drug-likeness (QED) is 0.583. The first kappa shape index (κ1) is 10.5. The van der Waals surface area contributed by atoms with E-state index in [0.717, 1.165) is 0 Å². The average Bonchev–Trinajstić information content (AvgIpc) is 2.23. The van der Waals surface area contributed by atoms with Crippen LogP contribution in [0.15, 0.2) is 0 Å². The van der Waals surface area contributed by atoms with Crippen LogP contribution < -0.4 is 0 Å². The Morgan fingerprint density at radius 2 is 1.22 bits per heavy atom. The van der Waals surface area contributed by atoms with Gasteiger partial charge in [0.1, 0.15) is 22.7 Å². The molecule has 7 aliphatic carbocycles. The van der Waals surface area contributed by atoms with Crippen molar-refractivity contribution in [3.8, 4) is 0 Å². The van der Waals surface area contributed by atoms with Gasteiger partial charge >= 0.3 is 0 Å². The zero-order chi connectivity index (χ0) is 12.6. The Hall–Kier alpha value is -0.280. The van der Waals surface area contributed by atoms with Crippen LogP contribution in [-0.2, 0) is 0 Å². The Morgan fingerprint density at radius 3 is 1.78 bits per heavy atom. The van der Waals surface area contributed by atoms with Gasteiger partial charge in [-0.3, -0.25) is 0 Å². The number of halogens is 4. The highest BCUT2D eigenvalue weighted by Gasteiger charge is 2.83. The summed E-state index contributed by atoms with van der Waals surface area (Å²) in [6, 6.07) is 0. The second-order valence-electron chi connectivity index (χ2n) is 7.75. The molecule has 0 aromatic heterocycles. The van der Waals surface area contributed by atoms with E-state index in [4.69, 9.17) is 0 Å². The van der Waals surface area contributed by atoms with Crippen LogP contribution in [0.3, 0.4) is 0 Å². The predicted octanol–water partition coefficient (Wildman–Crippen LogP) is 3.69. The molecule has 18 heavy (non-hydrogen) atoms. The Balaban J connectivity index is 1.76. The van der Waals surface area contributed by atoms with Gasteiger partial charge in [-0.1, -0.05) is 0 Å². The van der Waals surface area contributed by atoms with Gasteiger partial charge in [0.15, 0.2) is 0 Å². The molecule has 7 rings (SSSR count). The van der Waals surface area contributed by atoms with E-state index in [1.807, 2.05) is 0 Å². The van der Waals surface area contributed by atoms with Gasteiger partial charge in [-0.25, -0.2) is 17.6 Å². The summed E-state index contributed by atoms with van der Waals surface area (Å²) in [7, 11) is 0. The van der Waals surface area contributed by atoms with Crippen LogP contribution in [0.2, 0.25) is 0 Å². The summed E-state index contributed by atoms with van der Waals surface area (Å²) in [5.74, 6) is -1.98. The molecule has 7 fully saturated rings. The maximum absolute atomic E-state index is 15.2. The smallest absolute Gasteiger partial charge is 0.123 e. The van der Waals surface area contributed by atoms with Crippen LogP contribution >= 0.6 is 0 Å². The van der Waals surface area contributed by atoms with Gasteiger partial charge in [0, 0.05) is 18.8 Å². The summed E-state index contributed by atoms with van der Waals surface area (Å²) < 4.78 is 59.6. The maximum Gasteiger partial charge on any atom is 0.123 e. The first-order chi connectivity index (χ1) is 8.28. The monoisotopic (exact) mass is 260 g/mol. The molecule has 4 heteroatoms. The van der Waals surface area contributed by atoms with Gasteiger partial charge in [-0.15, -0.1) is 0 Å². The minimum absolute atomic E-state index is 0.0181. The number of hydrogen-bond acceptors (Lipinski definition) is 0. The lowest BCUT2D eigenvalue weighted by Gasteiger charge is -2.75. The fourth-order valence-electron chi connectivity index (χ4n) is 6.69. The Labute approximate surface area is 103 Å². The lowest BCUT2D eigenvalue weighted by atomic mass is 9.32. The molecule has 0 amide bonds. The van der Waals surface area contributed by atoms with Gasteiger partial charge in [-0.05, 0) is 43.4 Å². The van der Waals surface area contributed by atoms with Crippen LogP contribution in [-0.4, -0.2) is 22.7 Å². The molecular weight excluding hydrogens is 244 g/mol. The molecule has 4 atom stereocenters. The molecule has 7 saturated carbocycles. The molecule has 0 N–H and O–H groups in total. The molecular formula is C14H16F4. The van der Waals surface area contributed by atoms with Gasteiger partial charge in [0.05, 0.1) is 0 Å². The SMILES string of the molecule is FC12CC3C4CC5(F)CC3(F)C(C1)C(F)(C5)C4C2. The fraction of sp³-hybridized carbons (Fsp3) is 1.00. The third-order valence-corrected chi connectivity index (χ3v) is 6.94. The van der Waals surface area contributed by atoms with Crippen LogP contribution in [0.5, 0.6) is 0 Å². The number of hydrogen-bond donors (Lipinski definition) is 0. The molecule has 0 radical (unpaired) electrons. The van der Waals surface area contributed by atoms with Crippen LogP contribution in [0.25, 0.3) is 0 Å². The summed E-state index contributed by atoms with van der Waals surface area (Å²) >= 11 is 0. The van der Waals surface area contributed by atoms with Crippen molar-refractivity contribution in [2.45, 2.75) is 61.2 Å². The second-order valence-corrected chi connectivity index (χ2v) is 7.75. The normalized spacial score (nSPS) is 75.3. The first-order valence-corrected chi connectivity index (χ1v) is 7.04. The van der Waals surface area contributed by atoms with Crippen LogP contribution in [0, 0.1) is 23.7 Å². The standard InChI is InChI=1S/C14H16F4/c15-11-2-8-7-1-12(16)5-13(8,17)10(4-11)14(18,6-12)9(7)3-11/h7-10H,1-6H2. The third kappa shape index (κ3) is 0.839. The van der Waals surface area contributed by atoms with Crippen molar-refractivity contribution in [2.75, 3.05) is 0 Å². The van der Waals surface area contributed by atoms with Gasteiger partial charge in [-0.2, -0.15) is 0 Å². The topological polar surface area (TPSA) is 0 Å². The predicted molar refractivity (Wildman–Crippen MR) is 57.0 cm³/mol. The molecule has 0 saturated heterocycles. The molecule has 0 aromatic carbocycles. The van der Waals surface area contributed by atoms with Crippen molar-refractivity contribution >= 4 is 0 Å². The number of alkyl halides is 4. The van der Waals surface area contributed by atoms with E-state index in [1.165, 1.54) is 0 Å². The molecule has 7 aliphatic rings. The summed E-state index contributed by atoms with van der Waals surface area (Å²) in [5, 5.41) is 0. The molecule has 100 valence electrons. The van der Waals surface area contributed by atoms with Crippen molar-refractivity contribution in [1.29, 1.82) is 0 Å². The van der Waals surface area contributed by atoms with Gasteiger partial charge in [0.25, 0.3) is 0 Å². The minimum Gasteiger partial charge on any atom is -0.244 e. The minimum atomic E-state index is -1.77. The third-order valence-electron chi connectivity index (χ3n) is 6.94. The Morgan fingerprint density at radius 1 is 0.667 bits per heavy atom. The van der Waals surface area contributed by atoms with Crippen molar-refractivity contribution < 1.29 is 17.6 Å². The molecule has 8 bridgehead atoms. The highest BCUT2D eigenvalue weighted by Crippen LogP contribution is 2.78. The molecule has 4 unspecified atom stereocenters. The van der Waals surface area contributed by atoms with Gasteiger partial charge < -0.3 is 0 Å². The molecule has 0 spiro atoms. The Bertz CT molecular complexity index is 433. The zero-order valence-electron chi connectivity index (χ0n) is 10.1. The van der Waals surface area contributed by atoms with Crippen molar-refractivity contribution in [3.05, 3.63) is 0 Å². The van der Waals surface area contributed by atoms with Crippen molar-refractivity contribution in [1.82, 2.24) is 0 Å². The highest BCUT2D eigenvalue weighted by molar-refractivity contribution is 5.31. The summed E-state index contributed by atoms with van der Waals surface area (Å²) in [5.41, 5.74) is -6.56. The van der Waals surface area contributed by atoms with E-state index in [0.29, 0.717) is 0 Å². The molecule has 0 aromatic rings. The first-order valence-electron chi connectivity index (χ1n) is 7.04. The van der Waals surface area contributed by atoms with E-state index < -0.39 is 40.4 Å². The summed E-state index contributed by atoms with van der Waals surface area (Å²) in [6.45, 7) is 0. The van der Waals surface area contributed by atoms with Gasteiger partial charge in [0.2, 0.25) is 0 Å². The van der Waals surface area contributed by atoms with E-state index >= 15 is 8.78 Å². The lowest BCUT2D eigenvalue weighted by molar-refractivity contribution is -0.340. The highest BCUT2D eigenvalue weighted by atomic mass is 19.2.